The number of piperidine rings is 1. The molecule has 1 fully saturated rings. The Morgan fingerprint density at radius 3 is 2.58 bits per heavy atom. The van der Waals surface area contributed by atoms with Gasteiger partial charge < -0.3 is 14.9 Å². The van der Waals surface area contributed by atoms with Crippen molar-refractivity contribution in [3.05, 3.63) is 42.7 Å². The standard InChI is InChI=1S/C18H22N4O2/c1-2-22(15-6-4-3-5-7-15)17-12-16(19-13-20-17)21-10-8-14(9-11-21)18(23)24/h3-7,12-14H,2,8-11H2,1H3,(H,23,24). The zero-order valence-electron chi connectivity index (χ0n) is 13.8. The fourth-order valence-corrected chi connectivity index (χ4v) is 3.10. The molecule has 1 aromatic heterocycles. The Balaban J connectivity index is 1.78. The van der Waals surface area contributed by atoms with E-state index in [2.05, 4.69) is 38.8 Å². The van der Waals surface area contributed by atoms with Crippen molar-refractivity contribution in [3.8, 4) is 0 Å². The highest BCUT2D eigenvalue weighted by Gasteiger charge is 2.25. The van der Waals surface area contributed by atoms with Crippen LogP contribution < -0.4 is 9.80 Å². The fourth-order valence-electron chi connectivity index (χ4n) is 3.10. The van der Waals surface area contributed by atoms with Crippen LogP contribution in [0.4, 0.5) is 17.3 Å². The van der Waals surface area contributed by atoms with Crippen LogP contribution in [0.3, 0.4) is 0 Å². The first kappa shape index (κ1) is 16.2. The van der Waals surface area contributed by atoms with Crippen LogP contribution in [0.5, 0.6) is 0 Å². The highest BCUT2D eigenvalue weighted by molar-refractivity contribution is 5.70. The van der Waals surface area contributed by atoms with E-state index in [0.29, 0.717) is 25.9 Å². The monoisotopic (exact) mass is 326 g/mol. The van der Waals surface area contributed by atoms with Gasteiger partial charge in [0.1, 0.15) is 18.0 Å². The van der Waals surface area contributed by atoms with E-state index in [9.17, 15) is 4.79 Å². The molecule has 1 aromatic carbocycles. The second-order valence-electron chi connectivity index (χ2n) is 5.91. The van der Waals surface area contributed by atoms with E-state index in [-0.39, 0.29) is 5.92 Å². The number of hydrogen-bond donors (Lipinski definition) is 1. The third-order valence-electron chi connectivity index (χ3n) is 4.47. The minimum atomic E-state index is -0.695. The Morgan fingerprint density at radius 1 is 1.25 bits per heavy atom. The lowest BCUT2D eigenvalue weighted by Gasteiger charge is -2.31. The number of rotatable bonds is 5. The molecular formula is C18H22N4O2. The van der Waals surface area contributed by atoms with Gasteiger partial charge in [0.25, 0.3) is 0 Å². The van der Waals surface area contributed by atoms with Gasteiger partial charge in [0, 0.05) is 31.4 Å². The highest BCUT2D eigenvalue weighted by Crippen LogP contribution is 2.27. The van der Waals surface area contributed by atoms with Gasteiger partial charge in [0.15, 0.2) is 0 Å². The van der Waals surface area contributed by atoms with E-state index >= 15 is 0 Å². The number of benzene rings is 1. The molecule has 126 valence electrons. The van der Waals surface area contributed by atoms with Crippen molar-refractivity contribution in [1.82, 2.24) is 9.97 Å². The van der Waals surface area contributed by atoms with Crippen molar-refractivity contribution < 1.29 is 9.90 Å². The number of aromatic nitrogens is 2. The van der Waals surface area contributed by atoms with E-state index < -0.39 is 5.97 Å². The van der Waals surface area contributed by atoms with Crippen LogP contribution in [0.25, 0.3) is 0 Å². The molecular weight excluding hydrogens is 304 g/mol. The SMILES string of the molecule is CCN(c1ccccc1)c1cc(N2CCC(C(=O)O)CC2)ncn1. The lowest BCUT2D eigenvalue weighted by atomic mass is 9.97. The average molecular weight is 326 g/mol. The zero-order chi connectivity index (χ0) is 16.9. The maximum Gasteiger partial charge on any atom is 0.306 e. The molecule has 0 unspecified atom stereocenters. The molecule has 0 radical (unpaired) electrons. The topological polar surface area (TPSA) is 69.6 Å². The van der Waals surface area contributed by atoms with Crippen LogP contribution in [-0.4, -0.2) is 40.7 Å². The maximum absolute atomic E-state index is 11.1. The van der Waals surface area contributed by atoms with Crippen molar-refractivity contribution in [2.75, 3.05) is 29.4 Å². The molecule has 0 saturated carbocycles. The second-order valence-corrected chi connectivity index (χ2v) is 5.91. The Hall–Kier alpha value is -2.63. The van der Waals surface area contributed by atoms with E-state index in [0.717, 1.165) is 23.9 Å². The minimum absolute atomic E-state index is 0.237. The summed E-state index contributed by atoms with van der Waals surface area (Å²) in [4.78, 5) is 24.2. The van der Waals surface area contributed by atoms with Gasteiger partial charge in [-0.05, 0) is 31.9 Å². The van der Waals surface area contributed by atoms with Gasteiger partial charge in [-0.1, -0.05) is 18.2 Å². The number of anilines is 3. The van der Waals surface area contributed by atoms with Crippen molar-refractivity contribution in [1.29, 1.82) is 0 Å². The Kier molecular flexibility index (Phi) is 4.93. The summed E-state index contributed by atoms with van der Waals surface area (Å²) in [6, 6.07) is 12.1. The van der Waals surface area contributed by atoms with Crippen LogP contribution in [0.1, 0.15) is 19.8 Å². The zero-order valence-corrected chi connectivity index (χ0v) is 13.8. The van der Waals surface area contributed by atoms with Crippen LogP contribution in [0, 0.1) is 5.92 Å². The molecule has 2 heterocycles. The molecule has 6 heteroatoms. The van der Waals surface area contributed by atoms with Gasteiger partial charge in [-0.15, -0.1) is 0 Å². The van der Waals surface area contributed by atoms with Gasteiger partial charge in [0.05, 0.1) is 5.92 Å². The highest BCUT2D eigenvalue weighted by atomic mass is 16.4. The normalized spacial score (nSPS) is 15.3. The fraction of sp³-hybridized carbons (Fsp3) is 0.389. The average Bonchev–Trinajstić information content (AvgIpc) is 2.64. The van der Waals surface area contributed by atoms with Gasteiger partial charge in [-0.2, -0.15) is 0 Å². The predicted octanol–water partition coefficient (Wildman–Crippen LogP) is 2.94. The molecule has 1 aliphatic heterocycles. The summed E-state index contributed by atoms with van der Waals surface area (Å²) in [7, 11) is 0. The molecule has 1 N–H and O–H groups in total. The first-order valence-electron chi connectivity index (χ1n) is 8.31. The summed E-state index contributed by atoms with van der Waals surface area (Å²) < 4.78 is 0. The summed E-state index contributed by atoms with van der Waals surface area (Å²) >= 11 is 0. The Morgan fingerprint density at radius 2 is 1.96 bits per heavy atom. The molecule has 3 rings (SSSR count). The van der Waals surface area contributed by atoms with Gasteiger partial charge >= 0.3 is 5.97 Å². The van der Waals surface area contributed by atoms with E-state index in [4.69, 9.17) is 5.11 Å². The number of carboxylic acids is 1. The lowest BCUT2D eigenvalue weighted by Crippen LogP contribution is -2.36. The summed E-state index contributed by atoms with van der Waals surface area (Å²) in [6.07, 6.45) is 2.90. The van der Waals surface area contributed by atoms with Crippen molar-refractivity contribution in [2.24, 2.45) is 5.92 Å². The summed E-state index contributed by atoms with van der Waals surface area (Å²) in [5.74, 6) is 0.783. The molecule has 6 nitrogen and oxygen atoms in total. The Bertz CT molecular complexity index is 684. The van der Waals surface area contributed by atoms with Gasteiger partial charge in [-0.25, -0.2) is 9.97 Å². The van der Waals surface area contributed by atoms with Gasteiger partial charge in [0.2, 0.25) is 0 Å². The first-order valence-corrected chi connectivity index (χ1v) is 8.31. The van der Waals surface area contributed by atoms with Crippen molar-refractivity contribution in [2.45, 2.75) is 19.8 Å². The molecule has 0 spiro atoms. The summed E-state index contributed by atoms with van der Waals surface area (Å²) in [6.45, 7) is 4.32. The van der Waals surface area contributed by atoms with Crippen LogP contribution in [-0.2, 0) is 4.79 Å². The third-order valence-corrected chi connectivity index (χ3v) is 4.47. The van der Waals surface area contributed by atoms with Crippen LogP contribution >= 0.6 is 0 Å². The molecule has 1 aliphatic rings. The lowest BCUT2D eigenvalue weighted by molar-refractivity contribution is -0.142. The number of hydrogen-bond acceptors (Lipinski definition) is 5. The van der Waals surface area contributed by atoms with E-state index in [1.54, 1.807) is 6.33 Å². The number of aliphatic carboxylic acids is 1. The molecule has 0 atom stereocenters. The van der Waals surface area contributed by atoms with Crippen LogP contribution in [0.2, 0.25) is 0 Å². The summed E-state index contributed by atoms with van der Waals surface area (Å²) in [5.41, 5.74) is 1.09. The van der Waals surface area contributed by atoms with Gasteiger partial charge in [-0.3, -0.25) is 4.79 Å². The first-order chi connectivity index (χ1) is 11.7. The second kappa shape index (κ2) is 7.29. The molecule has 0 amide bonds. The summed E-state index contributed by atoms with van der Waals surface area (Å²) in [5, 5.41) is 9.12. The molecule has 1 saturated heterocycles. The maximum atomic E-state index is 11.1. The number of carbonyl (C=O) groups is 1. The number of carboxylic acid groups (broad SMARTS) is 1. The number of para-hydroxylation sites is 1. The Labute approximate surface area is 141 Å². The molecule has 0 aliphatic carbocycles. The molecule has 2 aromatic rings. The quantitative estimate of drug-likeness (QED) is 0.911. The smallest absolute Gasteiger partial charge is 0.306 e. The van der Waals surface area contributed by atoms with E-state index in [1.807, 2.05) is 24.3 Å². The van der Waals surface area contributed by atoms with Crippen molar-refractivity contribution in [3.63, 3.8) is 0 Å². The minimum Gasteiger partial charge on any atom is -0.481 e. The van der Waals surface area contributed by atoms with E-state index in [1.165, 1.54) is 0 Å². The molecule has 0 bridgehead atoms. The molecule has 24 heavy (non-hydrogen) atoms. The van der Waals surface area contributed by atoms with Crippen molar-refractivity contribution >= 4 is 23.3 Å². The number of nitrogens with zero attached hydrogens (tertiary/aromatic N) is 4. The largest absolute Gasteiger partial charge is 0.481 e. The van der Waals surface area contributed by atoms with Crippen LogP contribution in [0.15, 0.2) is 42.7 Å². The third kappa shape index (κ3) is 3.48. The predicted molar refractivity (Wildman–Crippen MR) is 93.7 cm³/mol.